The van der Waals surface area contributed by atoms with E-state index in [9.17, 15) is 13.2 Å². The lowest BCUT2D eigenvalue weighted by Gasteiger charge is -2.27. The molecule has 2 aliphatic rings. The first-order valence-electron chi connectivity index (χ1n) is 5.85. The summed E-state index contributed by atoms with van der Waals surface area (Å²) in [6.45, 7) is 1.71. The Balaban J connectivity index is 1.92. The van der Waals surface area contributed by atoms with E-state index in [0.29, 0.717) is 6.42 Å². The van der Waals surface area contributed by atoms with E-state index in [0.717, 1.165) is 25.9 Å². The predicted molar refractivity (Wildman–Crippen MR) is 54.4 cm³/mol. The van der Waals surface area contributed by atoms with Gasteiger partial charge in [0.2, 0.25) is 0 Å². The van der Waals surface area contributed by atoms with Crippen LogP contribution in [0.1, 0.15) is 31.0 Å². The van der Waals surface area contributed by atoms with Crippen molar-refractivity contribution < 1.29 is 17.7 Å². The van der Waals surface area contributed by atoms with Crippen LogP contribution in [-0.2, 0) is 11.7 Å². The molecule has 0 saturated carbocycles. The van der Waals surface area contributed by atoms with Crippen LogP contribution in [0.15, 0.2) is 4.52 Å². The van der Waals surface area contributed by atoms with E-state index >= 15 is 0 Å². The lowest BCUT2D eigenvalue weighted by atomic mass is 9.89. The fourth-order valence-electron chi connectivity index (χ4n) is 2.96. The average Bonchev–Trinajstić information content (AvgIpc) is 2.95. The number of hydrogen-bond acceptors (Lipinski definition) is 5. The molecular weight excluding hydrogens is 249 g/mol. The number of alkyl halides is 3. The van der Waals surface area contributed by atoms with Crippen LogP contribution in [0, 0.1) is 0 Å². The first-order chi connectivity index (χ1) is 8.41. The first kappa shape index (κ1) is 11.9. The molecule has 1 aromatic rings. The van der Waals surface area contributed by atoms with Crippen molar-refractivity contribution >= 4 is 0 Å². The lowest BCUT2D eigenvalue weighted by Crippen LogP contribution is -2.47. The minimum absolute atomic E-state index is 0.0239. The number of rotatable bonds is 1. The molecule has 2 unspecified atom stereocenters. The molecule has 2 saturated heterocycles. The van der Waals surface area contributed by atoms with E-state index in [1.54, 1.807) is 0 Å². The molecule has 2 atom stereocenters. The van der Waals surface area contributed by atoms with Gasteiger partial charge in [0.05, 0.1) is 5.54 Å². The van der Waals surface area contributed by atoms with Crippen LogP contribution < -0.4 is 5.73 Å². The number of aromatic nitrogens is 2. The molecule has 0 spiro atoms. The van der Waals surface area contributed by atoms with Crippen LogP contribution in [0.2, 0.25) is 0 Å². The summed E-state index contributed by atoms with van der Waals surface area (Å²) in [6, 6.07) is 0.0242. The summed E-state index contributed by atoms with van der Waals surface area (Å²) in [7, 11) is 0. The van der Waals surface area contributed by atoms with E-state index in [-0.39, 0.29) is 11.9 Å². The topological polar surface area (TPSA) is 68.2 Å². The average molecular weight is 262 g/mol. The van der Waals surface area contributed by atoms with Crippen LogP contribution in [0.5, 0.6) is 0 Å². The smallest absolute Gasteiger partial charge is 0.329 e. The third-order valence-electron chi connectivity index (χ3n) is 3.86. The van der Waals surface area contributed by atoms with Crippen LogP contribution >= 0.6 is 0 Å². The number of fused-ring (bicyclic) bond motifs is 1. The first-order valence-corrected chi connectivity index (χ1v) is 5.85. The molecule has 2 N–H and O–H groups in total. The summed E-state index contributed by atoms with van der Waals surface area (Å²) < 4.78 is 41.6. The van der Waals surface area contributed by atoms with Crippen LogP contribution in [0.3, 0.4) is 0 Å². The summed E-state index contributed by atoms with van der Waals surface area (Å²) in [4.78, 5) is 5.63. The van der Waals surface area contributed by atoms with Crippen molar-refractivity contribution in [3.8, 4) is 0 Å². The number of nitrogens with zero attached hydrogens (tertiary/aromatic N) is 3. The maximum atomic E-state index is 12.4. The van der Waals surface area contributed by atoms with Crippen molar-refractivity contribution in [2.75, 3.05) is 13.1 Å². The maximum absolute atomic E-state index is 12.4. The third kappa shape index (κ3) is 1.63. The zero-order valence-electron chi connectivity index (χ0n) is 9.57. The second-order valence-corrected chi connectivity index (χ2v) is 4.91. The second-order valence-electron chi connectivity index (χ2n) is 4.91. The highest BCUT2D eigenvalue weighted by molar-refractivity contribution is 5.16. The van der Waals surface area contributed by atoms with Gasteiger partial charge >= 0.3 is 12.1 Å². The fourth-order valence-corrected chi connectivity index (χ4v) is 2.96. The van der Waals surface area contributed by atoms with Gasteiger partial charge in [-0.15, -0.1) is 0 Å². The molecule has 0 amide bonds. The van der Waals surface area contributed by atoms with Crippen LogP contribution in [-0.4, -0.2) is 34.2 Å². The van der Waals surface area contributed by atoms with E-state index in [1.165, 1.54) is 0 Å². The van der Waals surface area contributed by atoms with Crippen LogP contribution in [0.4, 0.5) is 13.2 Å². The Labute approximate surface area is 101 Å². The Bertz CT molecular complexity index is 460. The Kier molecular flexibility index (Phi) is 2.43. The molecule has 0 bridgehead atoms. The summed E-state index contributed by atoms with van der Waals surface area (Å²) >= 11 is 0. The Morgan fingerprint density at radius 1 is 1.39 bits per heavy atom. The Morgan fingerprint density at radius 2 is 2.17 bits per heavy atom. The molecule has 3 heterocycles. The van der Waals surface area contributed by atoms with Gasteiger partial charge < -0.3 is 10.3 Å². The van der Waals surface area contributed by atoms with Crippen molar-refractivity contribution in [1.82, 2.24) is 15.0 Å². The third-order valence-corrected chi connectivity index (χ3v) is 3.86. The van der Waals surface area contributed by atoms with Crippen molar-refractivity contribution in [1.29, 1.82) is 0 Å². The van der Waals surface area contributed by atoms with Gasteiger partial charge in [-0.3, -0.25) is 4.90 Å². The summed E-state index contributed by atoms with van der Waals surface area (Å²) in [6.07, 6.45) is -2.18. The number of halogens is 3. The monoisotopic (exact) mass is 262 g/mol. The van der Waals surface area contributed by atoms with Gasteiger partial charge in [0, 0.05) is 12.6 Å². The van der Waals surface area contributed by atoms with Gasteiger partial charge in [0.15, 0.2) is 5.82 Å². The maximum Gasteiger partial charge on any atom is 0.471 e. The van der Waals surface area contributed by atoms with E-state index in [1.807, 2.05) is 0 Å². The van der Waals surface area contributed by atoms with Gasteiger partial charge in [0.1, 0.15) is 0 Å². The minimum atomic E-state index is -4.62. The van der Waals surface area contributed by atoms with Crippen molar-refractivity contribution in [2.45, 2.75) is 37.0 Å². The molecule has 8 heteroatoms. The molecule has 0 aliphatic carbocycles. The van der Waals surface area contributed by atoms with E-state index in [4.69, 9.17) is 5.73 Å². The minimum Gasteiger partial charge on any atom is -0.329 e. The van der Waals surface area contributed by atoms with Crippen LogP contribution in [0.25, 0.3) is 0 Å². The molecule has 1 aromatic heterocycles. The van der Waals surface area contributed by atoms with Gasteiger partial charge in [-0.25, -0.2) is 0 Å². The van der Waals surface area contributed by atoms with E-state index in [2.05, 4.69) is 19.6 Å². The van der Waals surface area contributed by atoms with Gasteiger partial charge in [-0.05, 0) is 25.8 Å². The standard InChI is InChI=1S/C10H13F3N4O/c11-10(12,13)8-15-7(16-18-8)9(14)3-5-17-4-1-2-6(9)17/h6H,1-5,14H2. The SMILES string of the molecule is NC1(c2noc(C(F)(F)F)n2)CCN2CCCC21. The number of hydrogen-bond donors (Lipinski definition) is 1. The molecule has 18 heavy (non-hydrogen) atoms. The zero-order valence-corrected chi connectivity index (χ0v) is 9.57. The van der Waals surface area contributed by atoms with E-state index < -0.39 is 17.6 Å². The quantitative estimate of drug-likeness (QED) is 0.821. The lowest BCUT2D eigenvalue weighted by molar-refractivity contribution is -0.159. The van der Waals surface area contributed by atoms with Gasteiger partial charge in [-0.2, -0.15) is 18.2 Å². The molecule has 3 rings (SSSR count). The normalized spacial score (nSPS) is 33.0. The van der Waals surface area contributed by atoms with Gasteiger partial charge in [0.25, 0.3) is 0 Å². The highest BCUT2D eigenvalue weighted by Gasteiger charge is 2.51. The second kappa shape index (κ2) is 3.67. The van der Waals surface area contributed by atoms with Crippen molar-refractivity contribution in [3.05, 3.63) is 11.7 Å². The largest absolute Gasteiger partial charge is 0.471 e. The molecule has 5 nitrogen and oxygen atoms in total. The Morgan fingerprint density at radius 3 is 2.83 bits per heavy atom. The summed E-state index contributed by atoms with van der Waals surface area (Å²) in [5.41, 5.74) is 5.31. The predicted octanol–water partition coefficient (Wildman–Crippen LogP) is 1.11. The molecule has 0 aromatic carbocycles. The van der Waals surface area contributed by atoms with Gasteiger partial charge in [-0.1, -0.05) is 5.16 Å². The fraction of sp³-hybridized carbons (Fsp3) is 0.800. The summed E-state index contributed by atoms with van der Waals surface area (Å²) in [5, 5.41) is 3.44. The highest BCUT2D eigenvalue weighted by Crippen LogP contribution is 2.40. The van der Waals surface area contributed by atoms with Crippen molar-refractivity contribution in [3.63, 3.8) is 0 Å². The molecule has 2 fully saturated rings. The summed E-state index contributed by atoms with van der Waals surface area (Å²) in [5.74, 6) is -1.34. The molecule has 100 valence electrons. The number of nitrogens with two attached hydrogens (primary N) is 1. The zero-order chi connectivity index (χ0) is 13.0. The molecule has 2 aliphatic heterocycles. The Hall–Kier alpha value is -1.15. The van der Waals surface area contributed by atoms with Crippen molar-refractivity contribution in [2.24, 2.45) is 5.73 Å². The highest BCUT2D eigenvalue weighted by atomic mass is 19.4. The molecular formula is C10H13F3N4O. The molecule has 0 radical (unpaired) electrons.